The molecule has 3 rings (SSSR count). The molecule has 0 aromatic heterocycles. The number of halogens is 2. The molecule has 0 amide bonds. The van der Waals surface area contributed by atoms with Crippen molar-refractivity contribution in [3.05, 3.63) is 106 Å². The molecule has 0 fully saturated rings. The molecule has 0 unspecified atom stereocenters. The number of hydrogen-bond donors (Lipinski definition) is 0. The highest BCUT2D eigenvalue weighted by Gasteiger charge is 2.06. The molecule has 3 aromatic rings. The Balaban J connectivity index is 1.84. The van der Waals surface area contributed by atoms with Gasteiger partial charge < -0.3 is 0 Å². The van der Waals surface area contributed by atoms with E-state index in [1.807, 2.05) is 37.3 Å². The van der Waals surface area contributed by atoms with E-state index in [0.29, 0.717) is 18.4 Å². The smallest absolute Gasteiger partial charge is 0.126 e. The highest BCUT2D eigenvalue weighted by molar-refractivity contribution is 5.34. The van der Waals surface area contributed by atoms with Gasteiger partial charge in [-0.25, -0.2) is 8.78 Å². The van der Waals surface area contributed by atoms with Crippen LogP contribution in [0.3, 0.4) is 0 Å². The van der Waals surface area contributed by atoms with Crippen molar-refractivity contribution in [3.63, 3.8) is 0 Å². The van der Waals surface area contributed by atoms with Crippen molar-refractivity contribution in [2.45, 2.75) is 19.8 Å². The average Bonchev–Trinajstić information content (AvgIpc) is 2.51. The Kier molecular flexibility index (Phi) is 4.52. The summed E-state index contributed by atoms with van der Waals surface area (Å²) in [4.78, 5) is 0. The van der Waals surface area contributed by atoms with Crippen molar-refractivity contribution in [1.29, 1.82) is 0 Å². The molecule has 0 bridgehead atoms. The molecule has 0 aliphatic rings. The fourth-order valence-electron chi connectivity index (χ4n) is 2.80. The molecule has 2 heteroatoms. The van der Waals surface area contributed by atoms with Crippen LogP contribution < -0.4 is 0 Å². The fraction of sp³-hybridized carbons (Fsp3) is 0.143. The van der Waals surface area contributed by atoms with Gasteiger partial charge in [-0.1, -0.05) is 54.1 Å². The molecule has 23 heavy (non-hydrogen) atoms. The lowest BCUT2D eigenvalue weighted by atomic mass is 9.98. The third kappa shape index (κ3) is 4.04. The first-order chi connectivity index (χ1) is 11.1. The summed E-state index contributed by atoms with van der Waals surface area (Å²) in [6.45, 7) is 2.03. The van der Waals surface area contributed by atoms with Crippen LogP contribution in [0.5, 0.6) is 0 Å². The second kappa shape index (κ2) is 6.74. The van der Waals surface area contributed by atoms with Gasteiger partial charge in [0.1, 0.15) is 11.6 Å². The third-order valence-corrected chi connectivity index (χ3v) is 3.88. The van der Waals surface area contributed by atoms with E-state index in [2.05, 4.69) is 6.07 Å². The molecule has 3 aromatic carbocycles. The zero-order valence-electron chi connectivity index (χ0n) is 13.0. The number of aryl methyl sites for hydroxylation is 1. The van der Waals surface area contributed by atoms with E-state index in [1.54, 1.807) is 12.1 Å². The van der Waals surface area contributed by atoms with Crippen molar-refractivity contribution in [2.75, 3.05) is 0 Å². The van der Waals surface area contributed by atoms with E-state index < -0.39 is 0 Å². The summed E-state index contributed by atoms with van der Waals surface area (Å²) >= 11 is 0. The molecule has 0 N–H and O–H groups in total. The summed E-state index contributed by atoms with van der Waals surface area (Å²) in [5.41, 5.74) is 4.80. The minimum Gasteiger partial charge on any atom is -0.207 e. The molecule has 0 nitrogen and oxygen atoms in total. The van der Waals surface area contributed by atoms with Gasteiger partial charge in [0.2, 0.25) is 0 Å². The predicted octanol–water partition coefficient (Wildman–Crippen LogP) is 5.45. The number of benzene rings is 3. The Hall–Kier alpha value is -2.48. The SMILES string of the molecule is Cc1cccc(Cc2cc(Cc3cccc(F)c3)ccc2F)c1. The molecule has 0 spiro atoms. The Morgan fingerprint density at radius 3 is 2.13 bits per heavy atom. The van der Waals surface area contributed by atoms with Crippen LogP contribution >= 0.6 is 0 Å². The molecule has 0 atom stereocenters. The van der Waals surface area contributed by atoms with Crippen LogP contribution in [0, 0.1) is 18.6 Å². The normalized spacial score (nSPS) is 10.7. The van der Waals surface area contributed by atoms with Crippen molar-refractivity contribution >= 4 is 0 Å². The van der Waals surface area contributed by atoms with Gasteiger partial charge in [0.05, 0.1) is 0 Å². The van der Waals surface area contributed by atoms with Gasteiger partial charge in [-0.05, 0) is 53.8 Å². The summed E-state index contributed by atoms with van der Waals surface area (Å²) in [5.74, 6) is -0.445. The van der Waals surface area contributed by atoms with Crippen LogP contribution in [0.2, 0.25) is 0 Å². The Bertz CT molecular complexity index is 822. The standard InChI is InChI=1S/C21H18F2/c1-15-4-2-5-16(10-15)12-19-13-18(8-9-21(19)23)11-17-6-3-7-20(22)14-17/h2-10,13-14H,11-12H2,1H3. The summed E-state index contributed by atoms with van der Waals surface area (Å²) < 4.78 is 27.4. The molecule has 0 heterocycles. The summed E-state index contributed by atoms with van der Waals surface area (Å²) in [6, 6.07) is 19.8. The Labute approximate surface area is 135 Å². The van der Waals surface area contributed by atoms with Crippen molar-refractivity contribution in [2.24, 2.45) is 0 Å². The molecule has 0 aliphatic heterocycles. The first-order valence-corrected chi connectivity index (χ1v) is 7.67. The third-order valence-electron chi connectivity index (χ3n) is 3.88. The molecule has 0 saturated heterocycles. The maximum atomic E-state index is 14.1. The van der Waals surface area contributed by atoms with Gasteiger partial charge in [0.25, 0.3) is 0 Å². The lowest BCUT2D eigenvalue weighted by Gasteiger charge is -2.08. The zero-order valence-corrected chi connectivity index (χ0v) is 13.0. The van der Waals surface area contributed by atoms with Gasteiger partial charge in [-0.15, -0.1) is 0 Å². The van der Waals surface area contributed by atoms with Crippen LogP contribution in [0.15, 0.2) is 66.7 Å². The summed E-state index contributed by atoms with van der Waals surface area (Å²) in [7, 11) is 0. The first-order valence-electron chi connectivity index (χ1n) is 7.67. The number of rotatable bonds is 4. The van der Waals surface area contributed by atoms with Crippen LogP contribution in [0.1, 0.15) is 27.8 Å². The van der Waals surface area contributed by atoms with E-state index in [9.17, 15) is 8.78 Å². The van der Waals surface area contributed by atoms with Gasteiger partial charge in [0, 0.05) is 6.42 Å². The Morgan fingerprint density at radius 2 is 1.39 bits per heavy atom. The van der Waals surface area contributed by atoms with Gasteiger partial charge >= 0.3 is 0 Å². The van der Waals surface area contributed by atoms with E-state index in [1.165, 1.54) is 23.8 Å². The van der Waals surface area contributed by atoms with Crippen LogP contribution in [0.25, 0.3) is 0 Å². The number of hydrogen-bond acceptors (Lipinski definition) is 0. The summed E-state index contributed by atoms with van der Waals surface area (Å²) in [6.07, 6.45) is 1.16. The molecule has 0 aliphatic carbocycles. The second-order valence-electron chi connectivity index (χ2n) is 5.90. The first kappa shape index (κ1) is 15.4. The predicted molar refractivity (Wildman–Crippen MR) is 89.6 cm³/mol. The van der Waals surface area contributed by atoms with Gasteiger partial charge in [-0.3, -0.25) is 0 Å². The van der Waals surface area contributed by atoms with Crippen LogP contribution in [0.4, 0.5) is 8.78 Å². The van der Waals surface area contributed by atoms with Crippen molar-refractivity contribution in [3.8, 4) is 0 Å². The highest BCUT2D eigenvalue weighted by atomic mass is 19.1. The summed E-state index contributed by atoms with van der Waals surface area (Å²) in [5, 5.41) is 0. The molecule has 116 valence electrons. The minimum atomic E-state index is -0.246. The molecular formula is C21H18F2. The maximum Gasteiger partial charge on any atom is 0.126 e. The van der Waals surface area contributed by atoms with E-state index in [4.69, 9.17) is 0 Å². The van der Waals surface area contributed by atoms with Gasteiger partial charge in [-0.2, -0.15) is 0 Å². The van der Waals surface area contributed by atoms with E-state index in [-0.39, 0.29) is 11.6 Å². The maximum absolute atomic E-state index is 14.1. The van der Waals surface area contributed by atoms with Crippen molar-refractivity contribution in [1.82, 2.24) is 0 Å². The minimum absolute atomic E-state index is 0.200. The lowest BCUT2D eigenvalue weighted by Crippen LogP contribution is -1.97. The second-order valence-corrected chi connectivity index (χ2v) is 5.90. The van der Waals surface area contributed by atoms with Crippen molar-refractivity contribution < 1.29 is 8.78 Å². The molecule has 0 radical (unpaired) electrons. The van der Waals surface area contributed by atoms with E-state index >= 15 is 0 Å². The van der Waals surface area contributed by atoms with Gasteiger partial charge in [0.15, 0.2) is 0 Å². The largest absolute Gasteiger partial charge is 0.207 e. The molecule has 0 saturated carbocycles. The fourth-order valence-corrected chi connectivity index (χ4v) is 2.80. The Morgan fingerprint density at radius 1 is 0.696 bits per heavy atom. The average molecular weight is 308 g/mol. The zero-order chi connectivity index (χ0) is 16.2. The lowest BCUT2D eigenvalue weighted by molar-refractivity contribution is 0.613. The van der Waals surface area contributed by atoms with E-state index in [0.717, 1.165) is 16.7 Å². The highest BCUT2D eigenvalue weighted by Crippen LogP contribution is 2.19. The topological polar surface area (TPSA) is 0 Å². The monoisotopic (exact) mass is 308 g/mol. The van der Waals surface area contributed by atoms with Crippen LogP contribution in [-0.2, 0) is 12.8 Å². The van der Waals surface area contributed by atoms with Crippen LogP contribution in [-0.4, -0.2) is 0 Å². The molecular weight excluding hydrogens is 290 g/mol. The quantitative estimate of drug-likeness (QED) is 0.601.